The van der Waals surface area contributed by atoms with Crippen molar-refractivity contribution in [1.82, 2.24) is 19.4 Å². The van der Waals surface area contributed by atoms with Gasteiger partial charge in [-0.2, -0.15) is 5.26 Å². The van der Waals surface area contributed by atoms with Gasteiger partial charge in [-0.3, -0.25) is 4.90 Å². The molecule has 0 aliphatic carbocycles. The zero-order valence-corrected chi connectivity index (χ0v) is 14.3. The predicted octanol–water partition coefficient (Wildman–Crippen LogP) is 2.25. The topological polar surface area (TPSA) is 67.0 Å². The van der Waals surface area contributed by atoms with E-state index in [9.17, 15) is 0 Å². The van der Waals surface area contributed by atoms with Gasteiger partial charge in [0, 0.05) is 25.8 Å². The maximum atomic E-state index is 8.82. The van der Waals surface area contributed by atoms with Crippen LogP contribution >= 0.6 is 0 Å². The Morgan fingerprint density at radius 3 is 2.96 bits per heavy atom. The smallest absolute Gasteiger partial charge is 0.160 e. The molecule has 0 N–H and O–H groups in total. The number of rotatable bonds is 7. The van der Waals surface area contributed by atoms with Crippen molar-refractivity contribution in [2.45, 2.75) is 32.7 Å². The van der Waals surface area contributed by atoms with E-state index in [-0.39, 0.29) is 0 Å². The molecule has 128 valence electrons. The lowest BCUT2D eigenvalue weighted by molar-refractivity contribution is 0.138. The number of pyridine rings is 1. The van der Waals surface area contributed by atoms with Gasteiger partial charge >= 0.3 is 0 Å². The van der Waals surface area contributed by atoms with Gasteiger partial charge in [-0.05, 0) is 50.9 Å². The lowest BCUT2D eigenvalue weighted by Gasteiger charge is -2.30. The minimum absolute atomic E-state index is 0.545. The molecule has 24 heavy (non-hydrogen) atoms. The Labute approximate surface area is 143 Å². The van der Waals surface area contributed by atoms with E-state index in [4.69, 9.17) is 15.0 Å². The van der Waals surface area contributed by atoms with Crippen molar-refractivity contribution < 1.29 is 4.74 Å². The first-order chi connectivity index (χ1) is 11.8. The molecule has 0 bridgehead atoms. The van der Waals surface area contributed by atoms with Crippen molar-refractivity contribution in [3.05, 3.63) is 24.2 Å². The van der Waals surface area contributed by atoms with Crippen LogP contribution < -0.4 is 0 Å². The first-order valence-corrected chi connectivity index (χ1v) is 8.79. The summed E-state index contributed by atoms with van der Waals surface area (Å²) in [6, 6.07) is 6.21. The van der Waals surface area contributed by atoms with E-state index >= 15 is 0 Å². The van der Waals surface area contributed by atoms with Gasteiger partial charge < -0.3 is 9.30 Å². The molecule has 0 radical (unpaired) electrons. The van der Waals surface area contributed by atoms with Gasteiger partial charge in [-0.1, -0.05) is 0 Å². The maximum absolute atomic E-state index is 8.82. The van der Waals surface area contributed by atoms with Gasteiger partial charge in [0.15, 0.2) is 5.65 Å². The monoisotopic (exact) mass is 327 g/mol. The van der Waals surface area contributed by atoms with Gasteiger partial charge in [0.25, 0.3) is 0 Å². The highest BCUT2D eigenvalue weighted by Crippen LogP contribution is 2.23. The van der Waals surface area contributed by atoms with Gasteiger partial charge in [-0.25, -0.2) is 9.97 Å². The third-order valence-corrected chi connectivity index (χ3v) is 4.72. The average molecular weight is 327 g/mol. The molecular formula is C18H25N5O. The summed E-state index contributed by atoms with van der Waals surface area (Å²) in [4.78, 5) is 11.6. The van der Waals surface area contributed by atoms with Crippen LogP contribution in [0.15, 0.2) is 18.3 Å². The minimum atomic E-state index is 0.545. The van der Waals surface area contributed by atoms with Crippen LogP contribution in [-0.2, 0) is 17.7 Å². The fourth-order valence-corrected chi connectivity index (χ4v) is 3.40. The molecule has 2 aromatic rings. The molecule has 3 heterocycles. The fraction of sp³-hybridized carbons (Fsp3) is 0.611. The van der Waals surface area contributed by atoms with Gasteiger partial charge in [0.2, 0.25) is 0 Å². The maximum Gasteiger partial charge on any atom is 0.160 e. The van der Waals surface area contributed by atoms with Crippen molar-refractivity contribution in [2.75, 3.05) is 32.8 Å². The molecule has 0 atom stereocenters. The van der Waals surface area contributed by atoms with Crippen LogP contribution in [0.1, 0.15) is 25.6 Å². The molecule has 6 nitrogen and oxygen atoms in total. The number of hydrogen-bond donors (Lipinski definition) is 0. The van der Waals surface area contributed by atoms with Crippen molar-refractivity contribution in [1.29, 1.82) is 5.26 Å². The number of imidazole rings is 1. The van der Waals surface area contributed by atoms with Gasteiger partial charge in [-0.15, -0.1) is 0 Å². The molecule has 0 amide bonds. The number of fused-ring (bicyclic) bond motifs is 1. The van der Waals surface area contributed by atoms with E-state index in [0.717, 1.165) is 62.5 Å². The SMILES string of the molecule is CCOCCn1c(CC2CCN(CC#N)CC2)nc2cccnc21. The summed E-state index contributed by atoms with van der Waals surface area (Å²) in [7, 11) is 0. The summed E-state index contributed by atoms with van der Waals surface area (Å²) in [5.41, 5.74) is 1.92. The Hall–Kier alpha value is -1.97. The van der Waals surface area contributed by atoms with Gasteiger partial charge in [0.05, 0.1) is 19.2 Å². The number of aromatic nitrogens is 3. The summed E-state index contributed by atoms with van der Waals surface area (Å²) in [5.74, 6) is 1.74. The van der Waals surface area contributed by atoms with Crippen LogP contribution in [0.2, 0.25) is 0 Å². The molecular weight excluding hydrogens is 302 g/mol. The average Bonchev–Trinajstić information content (AvgIpc) is 2.95. The molecule has 6 heteroatoms. The molecule has 0 aromatic carbocycles. The van der Waals surface area contributed by atoms with Crippen molar-refractivity contribution >= 4 is 11.2 Å². The quantitative estimate of drug-likeness (QED) is 0.576. The van der Waals surface area contributed by atoms with Crippen molar-refractivity contribution in [3.8, 4) is 6.07 Å². The zero-order chi connectivity index (χ0) is 16.8. The molecule has 2 aromatic heterocycles. The molecule has 1 fully saturated rings. The Bertz CT molecular complexity index is 697. The molecule has 0 unspecified atom stereocenters. The highest BCUT2D eigenvalue weighted by Gasteiger charge is 2.22. The van der Waals surface area contributed by atoms with E-state index < -0.39 is 0 Å². The lowest BCUT2D eigenvalue weighted by Crippen LogP contribution is -2.34. The van der Waals surface area contributed by atoms with E-state index in [2.05, 4.69) is 20.5 Å². The highest BCUT2D eigenvalue weighted by molar-refractivity contribution is 5.71. The summed E-state index contributed by atoms with van der Waals surface area (Å²) in [6.45, 7) is 6.79. The predicted molar refractivity (Wildman–Crippen MR) is 92.5 cm³/mol. The first kappa shape index (κ1) is 16.9. The van der Waals surface area contributed by atoms with E-state index in [1.807, 2.05) is 25.3 Å². The van der Waals surface area contributed by atoms with Crippen LogP contribution in [0.4, 0.5) is 0 Å². The van der Waals surface area contributed by atoms with E-state index in [0.29, 0.717) is 19.1 Å². The molecule has 1 saturated heterocycles. The van der Waals surface area contributed by atoms with Crippen LogP contribution in [0, 0.1) is 17.2 Å². The largest absolute Gasteiger partial charge is 0.380 e. The number of ether oxygens (including phenoxy) is 1. The normalized spacial score (nSPS) is 16.5. The highest BCUT2D eigenvalue weighted by atomic mass is 16.5. The number of nitrogens with zero attached hydrogens (tertiary/aromatic N) is 5. The fourth-order valence-electron chi connectivity index (χ4n) is 3.40. The first-order valence-electron chi connectivity index (χ1n) is 8.79. The van der Waals surface area contributed by atoms with Gasteiger partial charge in [0.1, 0.15) is 11.3 Å². The summed E-state index contributed by atoms with van der Waals surface area (Å²) >= 11 is 0. The van der Waals surface area contributed by atoms with Crippen LogP contribution in [0.3, 0.4) is 0 Å². The molecule has 1 aliphatic rings. The minimum Gasteiger partial charge on any atom is -0.380 e. The second-order valence-electron chi connectivity index (χ2n) is 6.30. The second-order valence-corrected chi connectivity index (χ2v) is 6.30. The number of likely N-dealkylation sites (tertiary alicyclic amines) is 1. The summed E-state index contributed by atoms with van der Waals surface area (Å²) in [5, 5.41) is 8.82. The van der Waals surface area contributed by atoms with Crippen LogP contribution in [0.25, 0.3) is 11.2 Å². The second kappa shape index (κ2) is 8.22. The standard InChI is InChI=1S/C18H25N5O/c1-2-24-13-12-23-17(21-16-4-3-8-20-18(16)23)14-15-5-9-22(10-6-15)11-7-19/h3-4,8,15H,2,5-6,9-14H2,1H3. The number of piperidine rings is 1. The summed E-state index contributed by atoms with van der Waals surface area (Å²) < 4.78 is 7.74. The molecule has 0 spiro atoms. The lowest BCUT2D eigenvalue weighted by atomic mass is 9.93. The van der Waals surface area contributed by atoms with Crippen molar-refractivity contribution in [2.24, 2.45) is 5.92 Å². The third kappa shape index (κ3) is 3.92. The molecule has 1 aliphatic heterocycles. The number of hydrogen-bond acceptors (Lipinski definition) is 5. The van der Waals surface area contributed by atoms with Crippen LogP contribution in [-0.4, -0.2) is 52.3 Å². The number of nitriles is 1. The van der Waals surface area contributed by atoms with E-state index in [1.54, 1.807) is 0 Å². The third-order valence-electron chi connectivity index (χ3n) is 4.72. The Balaban J connectivity index is 1.71. The Morgan fingerprint density at radius 1 is 1.38 bits per heavy atom. The zero-order valence-electron chi connectivity index (χ0n) is 14.3. The Kier molecular flexibility index (Phi) is 5.78. The molecule has 3 rings (SSSR count). The van der Waals surface area contributed by atoms with Crippen molar-refractivity contribution in [3.63, 3.8) is 0 Å². The van der Waals surface area contributed by atoms with E-state index in [1.165, 1.54) is 0 Å². The van der Waals surface area contributed by atoms with Crippen LogP contribution in [0.5, 0.6) is 0 Å². The Morgan fingerprint density at radius 2 is 2.21 bits per heavy atom. The summed E-state index contributed by atoms with van der Waals surface area (Å²) in [6.07, 6.45) is 5.06. The molecule has 0 saturated carbocycles.